The number of ketones is 1. The number of hydrogen-bond acceptors (Lipinski definition) is 12. The second kappa shape index (κ2) is 15.6. The van der Waals surface area contributed by atoms with Crippen molar-refractivity contribution in [2.75, 3.05) is 32.1 Å². The van der Waals surface area contributed by atoms with Crippen LogP contribution in [0.2, 0.25) is 0 Å². The Hall–Kier alpha value is -6.65. The van der Waals surface area contributed by atoms with Crippen LogP contribution in [-0.4, -0.2) is 101 Å². The van der Waals surface area contributed by atoms with Crippen LogP contribution in [0.5, 0.6) is 23.0 Å². The lowest BCUT2D eigenvalue weighted by Gasteiger charge is -2.29. The fraction of sp³-hybridized carbons (Fsp3) is 0.200. The number of aromatic hydroxyl groups is 4. The number of rotatable bonds is 10. The van der Waals surface area contributed by atoms with Gasteiger partial charge in [0, 0.05) is 49.2 Å². The number of amides is 1. The first-order valence-corrected chi connectivity index (χ1v) is 18.7. The summed E-state index contributed by atoms with van der Waals surface area (Å²) in [6.45, 7) is -0.334. The molecule has 6 rings (SSSR count). The van der Waals surface area contributed by atoms with Crippen LogP contribution in [0.15, 0.2) is 95.9 Å². The topological polar surface area (TPSA) is 231 Å². The lowest BCUT2D eigenvalue weighted by atomic mass is 9.95. The molecule has 1 aliphatic heterocycles. The molecule has 0 spiro atoms. The Bertz CT molecular complexity index is 2460. The van der Waals surface area contributed by atoms with Crippen LogP contribution in [0.4, 0.5) is 5.69 Å². The lowest BCUT2D eigenvalue weighted by Crippen LogP contribution is -2.51. The molecule has 5 aromatic rings. The summed E-state index contributed by atoms with van der Waals surface area (Å²) in [5.74, 6) is -7.22. The second-order valence-corrected chi connectivity index (χ2v) is 15.2. The van der Waals surface area contributed by atoms with E-state index in [9.17, 15) is 53.1 Å². The molecule has 0 bridgehead atoms. The number of aromatic carboxylic acids is 1. The van der Waals surface area contributed by atoms with Crippen LogP contribution in [0.3, 0.4) is 0 Å². The van der Waals surface area contributed by atoms with Gasteiger partial charge in [0.05, 0.1) is 27.6 Å². The predicted octanol–water partition coefficient (Wildman–Crippen LogP) is 4.47. The highest BCUT2D eigenvalue weighted by molar-refractivity contribution is 7.89. The highest BCUT2D eigenvalue weighted by Crippen LogP contribution is 2.36. The highest BCUT2D eigenvalue weighted by atomic mass is 32.2. The normalized spacial score (nSPS) is 16.1. The number of carboxylic acid groups (broad SMARTS) is 1. The molecule has 1 amide bonds. The third kappa shape index (κ3) is 7.65. The van der Waals surface area contributed by atoms with Gasteiger partial charge in [0.2, 0.25) is 15.8 Å². The van der Waals surface area contributed by atoms with Crippen LogP contribution >= 0.6 is 0 Å². The van der Waals surface area contributed by atoms with Crippen molar-refractivity contribution in [2.24, 2.45) is 0 Å². The molecule has 6 N–H and O–H groups in total. The maximum absolute atomic E-state index is 14.4. The zero-order chi connectivity index (χ0) is 40.5. The van der Waals surface area contributed by atoms with Crippen molar-refractivity contribution in [3.63, 3.8) is 0 Å². The van der Waals surface area contributed by atoms with E-state index in [0.717, 1.165) is 30.0 Å². The Morgan fingerprint density at radius 3 is 2.09 bits per heavy atom. The van der Waals surface area contributed by atoms with Gasteiger partial charge in [-0.15, -0.1) is 0 Å². The largest absolute Gasteiger partial charge is 0.508 e. The SMILES string of the molecule is CN(C)c1cccc2c(S(=O)(=O)N3CCC[C@H](OC(=O)c4cc(O)c(C(=O)c5c(O)cccc5C(=O)O)c(O)c4)[C@@H](NC(=O)c4ccc(O)cc4)C3)cccc12. The lowest BCUT2D eigenvalue weighted by molar-refractivity contribution is 0.0184. The first kappa shape index (κ1) is 39.1. The molecule has 0 aliphatic carbocycles. The summed E-state index contributed by atoms with van der Waals surface area (Å²) >= 11 is 0. The second-order valence-electron chi connectivity index (χ2n) is 13.3. The number of phenolic OH excluding ortho intramolecular Hbond substituents is 4. The first-order chi connectivity index (χ1) is 26.6. The number of benzene rings is 5. The number of esters is 1. The molecule has 1 fully saturated rings. The Balaban J connectivity index is 1.32. The molecule has 0 unspecified atom stereocenters. The van der Waals surface area contributed by atoms with Crippen LogP contribution < -0.4 is 10.2 Å². The number of phenols is 4. The number of carboxylic acids is 1. The van der Waals surface area contributed by atoms with Gasteiger partial charge in [-0.05, 0) is 73.5 Å². The van der Waals surface area contributed by atoms with Gasteiger partial charge in [0.1, 0.15) is 34.7 Å². The standard InChI is InChI=1S/C40H37N3O12S/c1-42(2)29-10-3-8-26-25(29)7-5-13-34(26)56(53,54)43-18-6-12-33(28(21-43)41-38(49)22-14-16-24(44)17-15-22)55-40(52)23-19-31(46)36(32(47)20-23)37(48)35-27(39(50)51)9-4-11-30(35)45/h3-5,7-11,13-17,19-20,28,33,44-47H,6,12,18,21H2,1-2H3,(H,41,49)(H,50,51)/t28-,33-/m0/s1. The van der Waals surface area contributed by atoms with Gasteiger partial charge in [0.15, 0.2) is 0 Å². The molecule has 56 heavy (non-hydrogen) atoms. The predicted molar refractivity (Wildman–Crippen MR) is 203 cm³/mol. The van der Waals surface area contributed by atoms with Crippen molar-refractivity contribution in [1.29, 1.82) is 0 Å². The number of carbonyl (C=O) groups excluding carboxylic acids is 3. The minimum atomic E-state index is -4.22. The van der Waals surface area contributed by atoms with E-state index in [4.69, 9.17) is 4.74 Å². The number of sulfonamides is 1. The van der Waals surface area contributed by atoms with Gasteiger partial charge in [0.25, 0.3) is 5.91 Å². The average molecular weight is 784 g/mol. The van der Waals surface area contributed by atoms with E-state index in [2.05, 4.69) is 5.32 Å². The summed E-state index contributed by atoms with van der Waals surface area (Å²) in [5, 5.41) is 55.2. The maximum atomic E-state index is 14.4. The van der Waals surface area contributed by atoms with Gasteiger partial charge in [-0.3, -0.25) is 9.59 Å². The number of anilines is 1. The zero-order valence-electron chi connectivity index (χ0n) is 30.0. The summed E-state index contributed by atoms with van der Waals surface area (Å²) in [4.78, 5) is 54.1. The van der Waals surface area contributed by atoms with Crippen LogP contribution in [0.1, 0.15) is 59.8 Å². The fourth-order valence-electron chi connectivity index (χ4n) is 6.73. The minimum absolute atomic E-state index is 0.00519. The molecule has 15 nitrogen and oxygen atoms in total. The van der Waals surface area contributed by atoms with E-state index >= 15 is 0 Å². The minimum Gasteiger partial charge on any atom is -0.508 e. The number of hydrogen-bond donors (Lipinski definition) is 6. The molecule has 1 saturated heterocycles. The third-order valence-electron chi connectivity index (χ3n) is 9.47. The molecular weight excluding hydrogens is 747 g/mol. The Kier molecular flexibility index (Phi) is 10.9. The van der Waals surface area contributed by atoms with Crippen molar-refractivity contribution in [3.05, 3.63) is 119 Å². The van der Waals surface area contributed by atoms with E-state index in [0.29, 0.717) is 10.8 Å². The molecule has 1 heterocycles. The molecule has 0 saturated carbocycles. The van der Waals surface area contributed by atoms with Crippen LogP contribution in [0, 0.1) is 0 Å². The summed E-state index contributed by atoms with van der Waals surface area (Å²) in [6.07, 6.45) is -0.896. The van der Waals surface area contributed by atoms with E-state index in [-0.39, 0.29) is 42.1 Å². The van der Waals surface area contributed by atoms with Crippen LogP contribution in [0.25, 0.3) is 10.8 Å². The van der Waals surface area contributed by atoms with E-state index in [1.54, 1.807) is 18.2 Å². The maximum Gasteiger partial charge on any atom is 0.338 e. The van der Waals surface area contributed by atoms with E-state index < -0.39 is 85.3 Å². The smallest absolute Gasteiger partial charge is 0.338 e. The molecular formula is C40H37N3O12S. The summed E-state index contributed by atoms with van der Waals surface area (Å²) < 4.78 is 35.8. The number of carbonyl (C=O) groups is 4. The zero-order valence-corrected chi connectivity index (χ0v) is 30.9. The highest BCUT2D eigenvalue weighted by Gasteiger charge is 2.38. The number of fused-ring (bicyclic) bond motifs is 1. The fourth-order valence-corrected chi connectivity index (χ4v) is 8.44. The number of nitrogens with one attached hydrogen (secondary N) is 1. The summed E-state index contributed by atoms with van der Waals surface area (Å²) in [7, 11) is -0.529. The monoisotopic (exact) mass is 783 g/mol. The number of nitrogens with zero attached hydrogens (tertiary/aromatic N) is 2. The Labute approximate surface area is 320 Å². The van der Waals surface area contributed by atoms with Gasteiger partial charge in [-0.2, -0.15) is 4.31 Å². The van der Waals surface area contributed by atoms with Gasteiger partial charge >= 0.3 is 11.9 Å². The molecule has 290 valence electrons. The van der Waals surface area contributed by atoms with Gasteiger partial charge in [-0.25, -0.2) is 18.0 Å². The Morgan fingerprint density at radius 2 is 1.43 bits per heavy atom. The van der Waals surface area contributed by atoms with Crippen LogP contribution in [-0.2, 0) is 14.8 Å². The van der Waals surface area contributed by atoms with E-state index in [1.807, 2.05) is 31.1 Å². The van der Waals surface area contributed by atoms with Crippen molar-refractivity contribution in [3.8, 4) is 23.0 Å². The van der Waals surface area contributed by atoms with Crippen molar-refractivity contribution >= 4 is 50.1 Å². The molecule has 2 atom stereocenters. The van der Waals surface area contributed by atoms with Gasteiger partial charge < -0.3 is 40.5 Å². The van der Waals surface area contributed by atoms with Crippen molar-refractivity contribution < 1.29 is 57.9 Å². The Morgan fingerprint density at radius 1 is 0.786 bits per heavy atom. The quantitative estimate of drug-likeness (QED) is 0.0850. The molecule has 0 radical (unpaired) electrons. The average Bonchev–Trinajstić information content (AvgIpc) is 3.36. The first-order valence-electron chi connectivity index (χ1n) is 17.2. The van der Waals surface area contributed by atoms with Gasteiger partial charge in [-0.1, -0.05) is 30.3 Å². The van der Waals surface area contributed by atoms with Crippen molar-refractivity contribution in [1.82, 2.24) is 9.62 Å². The number of ether oxygens (including phenoxy) is 1. The molecule has 5 aromatic carbocycles. The summed E-state index contributed by atoms with van der Waals surface area (Å²) in [6, 6.07) is 19.4. The molecule has 1 aliphatic rings. The van der Waals surface area contributed by atoms with E-state index in [1.165, 1.54) is 40.7 Å². The molecule has 16 heteroatoms. The van der Waals surface area contributed by atoms with Crippen molar-refractivity contribution in [2.45, 2.75) is 29.9 Å². The summed E-state index contributed by atoms with van der Waals surface area (Å²) in [5.41, 5.74) is -1.58. The third-order valence-corrected chi connectivity index (χ3v) is 11.4. The molecule has 0 aromatic heterocycles.